The average molecular weight is 415 g/mol. The van der Waals surface area contributed by atoms with Crippen molar-refractivity contribution in [2.75, 3.05) is 6.54 Å². The van der Waals surface area contributed by atoms with Crippen LogP contribution in [0.3, 0.4) is 0 Å². The van der Waals surface area contributed by atoms with E-state index < -0.39 is 60.7 Å². The first-order valence-corrected chi connectivity index (χ1v) is 9.47. The number of carboxylic acid groups (broad SMARTS) is 1. The minimum absolute atomic E-state index is 0.0304. The fraction of sp³-hybridized carbons (Fsp3) is 0.722. The first-order chi connectivity index (χ1) is 13.3. The van der Waals surface area contributed by atoms with E-state index in [1.807, 2.05) is 27.7 Å². The molecule has 0 aromatic heterocycles. The highest BCUT2D eigenvalue weighted by Gasteiger charge is 2.29. The SMILES string of the molecule is CC(C)CC(N)C(=O)NC(CC(C)C)C(=O)NC(CC(N)=O)C(=O)NCC(=O)O. The zero-order valence-electron chi connectivity index (χ0n) is 17.4. The topological polar surface area (TPSA) is 194 Å². The van der Waals surface area contributed by atoms with Crippen molar-refractivity contribution >= 4 is 29.6 Å². The molecule has 166 valence electrons. The second-order valence-electron chi connectivity index (χ2n) is 7.77. The number of nitrogens with one attached hydrogen (secondary N) is 3. The fourth-order valence-electron chi connectivity index (χ4n) is 2.57. The van der Waals surface area contributed by atoms with E-state index in [4.69, 9.17) is 16.6 Å². The molecule has 29 heavy (non-hydrogen) atoms. The Morgan fingerprint density at radius 2 is 1.34 bits per heavy atom. The summed E-state index contributed by atoms with van der Waals surface area (Å²) < 4.78 is 0. The predicted octanol–water partition coefficient (Wildman–Crippen LogP) is -1.55. The molecule has 0 aromatic rings. The maximum Gasteiger partial charge on any atom is 0.322 e. The molecule has 0 saturated heterocycles. The zero-order chi connectivity index (χ0) is 22.7. The Labute approximate surface area is 170 Å². The number of hydrogen-bond donors (Lipinski definition) is 6. The Kier molecular flexibility index (Phi) is 11.5. The fourth-order valence-corrected chi connectivity index (χ4v) is 2.57. The molecule has 8 N–H and O–H groups in total. The molecular weight excluding hydrogens is 382 g/mol. The molecule has 0 aromatic carbocycles. The lowest BCUT2D eigenvalue weighted by Crippen LogP contribution is -2.57. The normalized spacial score (nSPS) is 14.0. The van der Waals surface area contributed by atoms with Gasteiger partial charge in [0.1, 0.15) is 18.6 Å². The van der Waals surface area contributed by atoms with Crippen molar-refractivity contribution in [3.63, 3.8) is 0 Å². The van der Waals surface area contributed by atoms with Crippen LogP contribution in [0.15, 0.2) is 0 Å². The molecular formula is C18H33N5O6. The van der Waals surface area contributed by atoms with E-state index in [1.54, 1.807) is 0 Å². The van der Waals surface area contributed by atoms with Crippen LogP contribution in [0.25, 0.3) is 0 Å². The van der Waals surface area contributed by atoms with E-state index in [0.717, 1.165) is 0 Å². The predicted molar refractivity (Wildman–Crippen MR) is 105 cm³/mol. The van der Waals surface area contributed by atoms with Crippen molar-refractivity contribution in [3.8, 4) is 0 Å². The van der Waals surface area contributed by atoms with Gasteiger partial charge in [-0.25, -0.2) is 0 Å². The number of nitrogens with two attached hydrogens (primary N) is 2. The molecule has 0 fully saturated rings. The summed E-state index contributed by atoms with van der Waals surface area (Å²) in [6, 6.07) is -3.14. The first kappa shape index (κ1) is 26.3. The molecule has 0 aliphatic rings. The third kappa shape index (κ3) is 11.7. The Morgan fingerprint density at radius 1 is 0.828 bits per heavy atom. The van der Waals surface area contributed by atoms with Gasteiger partial charge in [0.25, 0.3) is 0 Å². The summed E-state index contributed by atoms with van der Waals surface area (Å²) in [6.45, 7) is 6.84. The highest BCUT2D eigenvalue weighted by atomic mass is 16.4. The molecule has 0 aliphatic carbocycles. The van der Waals surface area contributed by atoms with Gasteiger partial charge in [-0.3, -0.25) is 24.0 Å². The van der Waals surface area contributed by atoms with Crippen LogP contribution < -0.4 is 27.4 Å². The van der Waals surface area contributed by atoms with Gasteiger partial charge in [-0.1, -0.05) is 27.7 Å². The van der Waals surface area contributed by atoms with E-state index in [9.17, 15) is 24.0 Å². The molecule has 11 nitrogen and oxygen atoms in total. The van der Waals surface area contributed by atoms with Gasteiger partial charge in [0.05, 0.1) is 12.5 Å². The van der Waals surface area contributed by atoms with Crippen LogP contribution in [0.4, 0.5) is 0 Å². The number of hydrogen-bond acceptors (Lipinski definition) is 6. The summed E-state index contributed by atoms with van der Waals surface area (Å²) in [7, 11) is 0. The minimum atomic E-state index is -1.37. The van der Waals surface area contributed by atoms with Gasteiger partial charge >= 0.3 is 5.97 Å². The van der Waals surface area contributed by atoms with Crippen LogP contribution in [0, 0.1) is 11.8 Å². The maximum atomic E-state index is 12.7. The zero-order valence-corrected chi connectivity index (χ0v) is 17.4. The van der Waals surface area contributed by atoms with E-state index in [1.165, 1.54) is 0 Å². The molecule has 11 heteroatoms. The van der Waals surface area contributed by atoms with Crippen LogP contribution in [0.2, 0.25) is 0 Å². The van der Waals surface area contributed by atoms with Crippen molar-refractivity contribution in [1.29, 1.82) is 0 Å². The summed E-state index contributed by atoms with van der Waals surface area (Å²) in [6.07, 6.45) is 0.183. The number of carboxylic acids is 1. The van der Waals surface area contributed by atoms with E-state index in [0.29, 0.717) is 6.42 Å². The van der Waals surface area contributed by atoms with Gasteiger partial charge in [-0.2, -0.15) is 0 Å². The van der Waals surface area contributed by atoms with Crippen molar-refractivity contribution < 1.29 is 29.1 Å². The summed E-state index contributed by atoms with van der Waals surface area (Å²) in [5.74, 6) is -3.99. The van der Waals surface area contributed by atoms with Gasteiger partial charge in [0.15, 0.2) is 0 Å². The Balaban J connectivity index is 5.26. The molecule has 0 radical (unpaired) electrons. The van der Waals surface area contributed by atoms with Crippen molar-refractivity contribution in [2.24, 2.45) is 23.3 Å². The van der Waals surface area contributed by atoms with Crippen LogP contribution >= 0.6 is 0 Å². The number of primary amides is 1. The van der Waals surface area contributed by atoms with Gasteiger partial charge in [-0.15, -0.1) is 0 Å². The largest absolute Gasteiger partial charge is 0.480 e. The van der Waals surface area contributed by atoms with E-state index in [-0.39, 0.29) is 18.3 Å². The Bertz CT molecular complexity index is 608. The molecule has 0 heterocycles. The number of carbonyl (C=O) groups excluding carboxylic acids is 4. The molecule has 0 bridgehead atoms. The third-order valence-electron chi connectivity index (χ3n) is 3.85. The number of carbonyl (C=O) groups is 5. The lowest BCUT2D eigenvalue weighted by atomic mass is 10.00. The highest BCUT2D eigenvalue weighted by molar-refractivity contribution is 5.95. The second-order valence-corrected chi connectivity index (χ2v) is 7.77. The molecule has 0 spiro atoms. The average Bonchev–Trinajstić information content (AvgIpc) is 2.56. The Hall–Kier alpha value is -2.69. The summed E-state index contributed by atoms with van der Waals surface area (Å²) >= 11 is 0. The quantitative estimate of drug-likeness (QED) is 0.209. The first-order valence-electron chi connectivity index (χ1n) is 9.47. The summed E-state index contributed by atoms with van der Waals surface area (Å²) in [5.41, 5.74) is 11.0. The molecule has 3 atom stereocenters. The van der Waals surface area contributed by atoms with Gasteiger partial charge in [0.2, 0.25) is 23.6 Å². The smallest absolute Gasteiger partial charge is 0.322 e. The van der Waals surface area contributed by atoms with Gasteiger partial charge < -0.3 is 32.5 Å². The molecule has 4 amide bonds. The van der Waals surface area contributed by atoms with Crippen LogP contribution in [0.1, 0.15) is 47.0 Å². The summed E-state index contributed by atoms with van der Waals surface area (Å²) in [4.78, 5) is 59.0. The van der Waals surface area contributed by atoms with Crippen molar-refractivity contribution in [2.45, 2.75) is 65.1 Å². The van der Waals surface area contributed by atoms with Gasteiger partial charge in [0, 0.05) is 0 Å². The van der Waals surface area contributed by atoms with Gasteiger partial charge in [-0.05, 0) is 24.7 Å². The highest BCUT2D eigenvalue weighted by Crippen LogP contribution is 2.08. The van der Waals surface area contributed by atoms with Crippen LogP contribution in [0.5, 0.6) is 0 Å². The number of rotatable bonds is 13. The lowest BCUT2D eigenvalue weighted by Gasteiger charge is -2.25. The second kappa shape index (κ2) is 12.7. The van der Waals surface area contributed by atoms with E-state index >= 15 is 0 Å². The van der Waals surface area contributed by atoms with E-state index in [2.05, 4.69) is 16.0 Å². The molecule has 0 aliphatic heterocycles. The Morgan fingerprint density at radius 3 is 1.79 bits per heavy atom. The molecule has 3 unspecified atom stereocenters. The molecule has 0 rings (SSSR count). The molecule has 0 saturated carbocycles. The van der Waals surface area contributed by atoms with Crippen LogP contribution in [-0.2, 0) is 24.0 Å². The standard InChI is InChI=1S/C18H33N5O6/c1-9(2)5-11(19)16(27)22-12(6-10(3)4)18(29)23-13(7-14(20)24)17(28)21-8-15(25)26/h9-13H,5-8,19H2,1-4H3,(H2,20,24)(H,21,28)(H,22,27)(H,23,29)(H,25,26). The maximum absolute atomic E-state index is 12.7. The monoisotopic (exact) mass is 415 g/mol. The number of amides is 4. The van der Waals surface area contributed by atoms with Crippen LogP contribution in [-0.4, -0.2) is 59.4 Å². The number of aliphatic carboxylic acids is 1. The third-order valence-corrected chi connectivity index (χ3v) is 3.85. The van der Waals surface area contributed by atoms with Crippen molar-refractivity contribution in [1.82, 2.24) is 16.0 Å². The van der Waals surface area contributed by atoms with Crippen molar-refractivity contribution in [3.05, 3.63) is 0 Å². The summed E-state index contributed by atoms with van der Waals surface area (Å²) in [5, 5.41) is 15.7. The minimum Gasteiger partial charge on any atom is -0.480 e. The lowest BCUT2D eigenvalue weighted by molar-refractivity contribution is -0.138.